The van der Waals surface area contributed by atoms with Gasteiger partial charge in [0.25, 0.3) is 0 Å². The third-order valence-corrected chi connectivity index (χ3v) is 8.75. The minimum Gasteiger partial charge on any atom is -0.481 e. The third-order valence-electron chi connectivity index (χ3n) is 8.75. The lowest BCUT2D eigenvalue weighted by molar-refractivity contribution is -0.527. The van der Waals surface area contributed by atoms with Gasteiger partial charge in [-0.3, -0.25) is 14.9 Å². The average Bonchev–Trinajstić information content (AvgIpc) is 3.15. The molecule has 0 bridgehead atoms. The van der Waals surface area contributed by atoms with Crippen molar-refractivity contribution in [3.63, 3.8) is 0 Å². The highest BCUT2D eigenvalue weighted by Crippen LogP contribution is 2.47. The van der Waals surface area contributed by atoms with E-state index >= 15 is 0 Å². The van der Waals surface area contributed by atoms with Crippen LogP contribution in [0.3, 0.4) is 0 Å². The smallest absolute Gasteiger partial charge is 0.303 e. The predicted molar refractivity (Wildman–Crippen MR) is 120 cm³/mol. The Morgan fingerprint density at radius 3 is 2.58 bits per heavy atom. The minimum atomic E-state index is -0.690. The summed E-state index contributed by atoms with van der Waals surface area (Å²) in [6.45, 7) is 1.06. The number of likely N-dealkylation sites (tertiary alicyclic amines) is 1. The van der Waals surface area contributed by atoms with Gasteiger partial charge in [0.15, 0.2) is 0 Å². The molecule has 4 aliphatic rings. The maximum atomic E-state index is 11.4. The van der Waals surface area contributed by atoms with E-state index in [4.69, 9.17) is 5.11 Å². The Morgan fingerprint density at radius 2 is 1.84 bits per heavy atom. The second-order valence-electron chi connectivity index (χ2n) is 10.8. The first-order valence-electron chi connectivity index (χ1n) is 12.8. The van der Waals surface area contributed by atoms with Crippen molar-refractivity contribution in [3.05, 3.63) is 21.9 Å². The maximum Gasteiger partial charge on any atom is 0.303 e. The van der Waals surface area contributed by atoms with E-state index in [0.29, 0.717) is 30.2 Å². The molecule has 0 aromatic heterocycles. The van der Waals surface area contributed by atoms with Crippen LogP contribution < -0.4 is 0 Å². The summed E-state index contributed by atoms with van der Waals surface area (Å²) in [5.74, 6) is 1.84. The number of carbonyl (C=O) groups is 1. The summed E-state index contributed by atoms with van der Waals surface area (Å²) in [5, 5.41) is 20.5. The summed E-state index contributed by atoms with van der Waals surface area (Å²) < 4.78 is 0. The summed E-state index contributed by atoms with van der Waals surface area (Å²) in [6, 6.07) is -0.0702. The molecule has 1 N–H and O–H groups in total. The molecule has 6 nitrogen and oxygen atoms in total. The first-order valence-corrected chi connectivity index (χ1v) is 12.8. The summed E-state index contributed by atoms with van der Waals surface area (Å²) in [5.41, 5.74) is 1.45. The number of carboxylic acid groups (broad SMARTS) is 1. The molecule has 1 aliphatic heterocycles. The van der Waals surface area contributed by atoms with Gasteiger partial charge in [-0.05, 0) is 56.3 Å². The molecular weight excluding hydrogens is 392 g/mol. The summed E-state index contributed by atoms with van der Waals surface area (Å²) in [4.78, 5) is 25.0. The van der Waals surface area contributed by atoms with E-state index < -0.39 is 5.97 Å². The second kappa shape index (κ2) is 10.4. The Kier molecular flexibility index (Phi) is 7.55. The van der Waals surface area contributed by atoms with Crippen molar-refractivity contribution >= 4 is 5.97 Å². The monoisotopic (exact) mass is 432 g/mol. The van der Waals surface area contributed by atoms with Gasteiger partial charge in [-0.1, -0.05) is 44.6 Å². The number of rotatable bonds is 8. The fraction of sp³-hybridized carbons (Fsp3) is 0.880. The van der Waals surface area contributed by atoms with Crippen LogP contribution in [0.1, 0.15) is 96.3 Å². The fourth-order valence-electron chi connectivity index (χ4n) is 7.02. The number of nitro groups is 1. The largest absolute Gasteiger partial charge is 0.481 e. The summed E-state index contributed by atoms with van der Waals surface area (Å²) in [6.07, 6.45) is 18.5. The van der Waals surface area contributed by atoms with Gasteiger partial charge in [0.2, 0.25) is 6.04 Å². The van der Waals surface area contributed by atoms with E-state index in [-0.39, 0.29) is 17.4 Å². The molecule has 0 aromatic carbocycles. The molecule has 2 saturated carbocycles. The highest BCUT2D eigenvalue weighted by atomic mass is 16.6. The van der Waals surface area contributed by atoms with E-state index in [1.54, 1.807) is 0 Å². The molecule has 1 saturated heterocycles. The van der Waals surface area contributed by atoms with Gasteiger partial charge in [0.1, 0.15) is 0 Å². The number of aliphatic carboxylic acids is 1. The predicted octanol–water partition coefficient (Wildman–Crippen LogP) is 5.64. The lowest BCUT2D eigenvalue weighted by Crippen LogP contribution is -2.40. The standard InChI is InChI=1S/C25H40N2O4/c28-25(29)14-11-19-10-13-24-23(15-19)20(12-9-18-5-2-1-3-6-18)17-26(24)21-7-4-8-22(16-21)27(30)31/h13,18-23H,1-12,14-17H2,(H,28,29). The number of hydrogen-bond donors (Lipinski definition) is 1. The Hall–Kier alpha value is -1.59. The van der Waals surface area contributed by atoms with Crippen LogP contribution in [0.4, 0.5) is 0 Å². The number of carboxylic acids is 1. The average molecular weight is 433 g/mol. The van der Waals surface area contributed by atoms with E-state index in [0.717, 1.165) is 51.0 Å². The molecule has 3 aliphatic carbocycles. The number of fused-ring (bicyclic) bond motifs is 1. The Balaban J connectivity index is 1.44. The maximum absolute atomic E-state index is 11.4. The lowest BCUT2D eigenvalue weighted by Gasteiger charge is -2.37. The quantitative estimate of drug-likeness (QED) is 0.396. The van der Waals surface area contributed by atoms with Crippen LogP contribution in [0.25, 0.3) is 0 Å². The second-order valence-corrected chi connectivity index (χ2v) is 10.8. The van der Waals surface area contributed by atoms with Crippen LogP contribution >= 0.6 is 0 Å². The van der Waals surface area contributed by atoms with Crippen molar-refractivity contribution in [2.75, 3.05) is 6.54 Å². The number of hydrogen-bond acceptors (Lipinski definition) is 4. The fourth-order valence-corrected chi connectivity index (χ4v) is 7.02. The van der Waals surface area contributed by atoms with Gasteiger partial charge in [-0.2, -0.15) is 0 Å². The van der Waals surface area contributed by atoms with Crippen molar-refractivity contribution in [3.8, 4) is 0 Å². The summed E-state index contributed by atoms with van der Waals surface area (Å²) >= 11 is 0. The highest BCUT2D eigenvalue weighted by Gasteiger charge is 2.44. The minimum absolute atomic E-state index is 0.0581. The van der Waals surface area contributed by atoms with Gasteiger partial charge in [0, 0.05) is 48.4 Å². The summed E-state index contributed by atoms with van der Waals surface area (Å²) in [7, 11) is 0. The van der Waals surface area contributed by atoms with E-state index in [9.17, 15) is 14.9 Å². The van der Waals surface area contributed by atoms with Crippen molar-refractivity contribution < 1.29 is 14.8 Å². The molecule has 6 heteroatoms. The molecular formula is C25H40N2O4. The van der Waals surface area contributed by atoms with Crippen molar-refractivity contribution in [2.24, 2.45) is 23.7 Å². The topological polar surface area (TPSA) is 83.7 Å². The molecule has 5 atom stereocenters. The van der Waals surface area contributed by atoms with E-state index in [2.05, 4.69) is 11.0 Å². The molecule has 3 fully saturated rings. The zero-order valence-corrected chi connectivity index (χ0v) is 18.9. The lowest BCUT2D eigenvalue weighted by atomic mass is 9.75. The van der Waals surface area contributed by atoms with Crippen LogP contribution in [0.5, 0.6) is 0 Å². The van der Waals surface area contributed by atoms with Gasteiger partial charge < -0.3 is 10.0 Å². The van der Waals surface area contributed by atoms with Crippen molar-refractivity contribution in [1.82, 2.24) is 4.90 Å². The third kappa shape index (κ3) is 5.61. The van der Waals surface area contributed by atoms with Crippen molar-refractivity contribution in [2.45, 2.75) is 108 Å². The van der Waals surface area contributed by atoms with Crippen LogP contribution in [-0.2, 0) is 4.79 Å². The zero-order valence-electron chi connectivity index (χ0n) is 18.9. The van der Waals surface area contributed by atoms with Gasteiger partial charge in [0.05, 0.1) is 0 Å². The molecule has 174 valence electrons. The molecule has 5 unspecified atom stereocenters. The molecule has 4 rings (SSSR count). The number of allylic oxidation sites excluding steroid dienone is 2. The van der Waals surface area contributed by atoms with Crippen molar-refractivity contribution in [1.29, 1.82) is 0 Å². The molecule has 0 aromatic rings. The first-order chi connectivity index (χ1) is 15.0. The molecule has 31 heavy (non-hydrogen) atoms. The SMILES string of the molecule is O=C(O)CCC1CC=C2C(C1)C(CCC1CCCCC1)CN2C1CCCC([N+](=O)[O-])C1. The molecule has 1 heterocycles. The Labute approximate surface area is 186 Å². The van der Waals surface area contributed by atoms with Gasteiger partial charge in [-0.15, -0.1) is 0 Å². The van der Waals surface area contributed by atoms with Crippen LogP contribution in [0.2, 0.25) is 0 Å². The normalized spacial score (nSPS) is 34.3. The van der Waals surface area contributed by atoms with Gasteiger partial charge in [-0.25, -0.2) is 0 Å². The first kappa shape index (κ1) is 22.6. The number of nitrogens with zero attached hydrogens (tertiary/aromatic N) is 2. The van der Waals surface area contributed by atoms with E-state index in [1.807, 2.05) is 0 Å². The van der Waals surface area contributed by atoms with Crippen LogP contribution in [0.15, 0.2) is 11.8 Å². The Morgan fingerprint density at radius 1 is 1.03 bits per heavy atom. The molecule has 0 radical (unpaired) electrons. The van der Waals surface area contributed by atoms with Gasteiger partial charge >= 0.3 is 5.97 Å². The molecule has 0 spiro atoms. The molecule has 0 amide bonds. The van der Waals surface area contributed by atoms with Crippen LogP contribution in [-0.4, -0.2) is 39.5 Å². The highest BCUT2D eigenvalue weighted by molar-refractivity contribution is 5.66. The Bertz CT molecular complexity index is 672. The zero-order chi connectivity index (χ0) is 21.8. The van der Waals surface area contributed by atoms with E-state index in [1.165, 1.54) is 50.6 Å². The van der Waals surface area contributed by atoms with Crippen LogP contribution in [0, 0.1) is 33.8 Å².